The SMILES string of the molecule is CCC1CCCCN1Cc1nc(Nc2ccc(C(F)(F)F)nc2)c2ccc(-c3ncccc3C(F)(F)F)cc2n1. The second kappa shape index (κ2) is 11.0. The first-order chi connectivity index (χ1) is 19.0. The molecule has 3 aromatic heterocycles. The predicted octanol–water partition coefficient (Wildman–Crippen LogP) is 7.63. The third-order valence-corrected chi connectivity index (χ3v) is 7.01. The van der Waals surface area contributed by atoms with Crippen LogP contribution in [0.5, 0.6) is 0 Å². The Kier molecular flexibility index (Phi) is 7.63. The molecular weight excluding hydrogens is 534 g/mol. The van der Waals surface area contributed by atoms with Crippen molar-refractivity contribution < 1.29 is 26.3 Å². The molecule has 4 heterocycles. The second-order valence-corrected chi connectivity index (χ2v) is 9.70. The van der Waals surface area contributed by atoms with E-state index < -0.39 is 23.6 Å². The molecule has 1 N–H and O–H groups in total. The molecule has 0 saturated carbocycles. The molecule has 0 amide bonds. The largest absolute Gasteiger partial charge is 0.433 e. The van der Waals surface area contributed by atoms with Gasteiger partial charge in [0.1, 0.15) is 17.3 Å². The van der Waals surface area contributed by atoms with Gasteiger partial charge in [0.2, 0.25) is 0 Å². The lowest BCUT2D eigenvalue weighted by Gasteiger charge is -2.34. The molecule has 1 saturated heterocycles. The predicted molar refractivity (Wildman–Crippen MR) is 139 cm³/mol. The number of anilines is 2. The van der Waals surface area contributed by atoms with Gasteiger partial charge in [0.15, 0.2) is 0 Å². The first kappa shape index (κ1) is 27.8. The topological polar surface area (TPSA) is 66.8 Å². The lowest BCUT2D eigenvalue weighted by atomic mass is 10.00. The summed E-state index contributed by atoms with van der Waals surface area (Å²) in [5.74, 6) is 0.764. The number of piperidine rings is 1. The zero-order chi connectivity index (χ0) is 28.5. The van der Waals surface area contributed by atoms with Crippen molar-refractivity contribution >= 4 is 22.4 Å². The van der Waals surface area contributed by atoms with E-state index in [0.717, 1.165) is 50.6 Å². The van der Waals surface area contributed by atoms with Crippen LogP contribution >= 0.6 is 0 Å². The van der Waals surface area contributed by atoms with E-state index in [1.54, 1.807) is 6.07 Å². The van der Waals surface area contributed by atoms with Gasteiger partial charge in [-0.2, -0.15) is 26.3 Å². The summed E-state index contributed by atoms with van der Waals surface area (Å²) >= 11 is 0. The molecule has 0 bridgehead atoms. The summed E-state index contributed by atoms with van der Waals surface area (Å²) in [6.07, 6.45) is -2.63. The molecular formula is C28H26F6N6. The molecule has 5 rings (SSSR count). The fourth-order valence-corrected chi connectivity index (χ4v) is 5.04. The summed E-state index contributed by atoms with van der Waals surface area (Å²) in [4.78, 5) is 19.2. The molecule has 1 atom stereocenters. The van der Waals surface area contributed by atoms with Gasteiger partial charge < -0.3 is 5.32 Å². The monoisotopic (exact) mass is 560 g/mol. The van der Waals surface area contributed by atoms with Crippen molar-refractivity contribution in [2.24, 2.45) is 0 Å². The minimum atomic E-state index is -4.60. The zero-order valence-electron chi connectivity index (χ0n) is 21.5. The Bertz CT molecular complexity index is 1490. The molecule has 1 aromatic carbocycles. The molecule has 4 aromatic rings. The summed E-state index contributed by atoms with van der Waals surface area (Å²) < 4.78 is 80.0. The van der Waals surface area contributed by atoms with Crippen molar-refractivity contribution in [3.05, 3.63) is 71.9 Å². The number of likely N-dealkylation sites (tertiary alicyclic amines) is 1. The highest BCUT2D eigenvalue weighted by molar-refractivity contribution is 5.93. The van der Waals surface area contributed by atoms with Crippen molar-refractivity contribution in [1.29, 1.82) is 0 Å². The number of hydrogen-bond acceptors (Lipinski definition) is 6. The number of halogens is 6. The van der Waals surface area contributed by atoms with Crippen LogP contribution < -0.4 is 5.32 Å². The van der Waals surface area contributed by atoms with Crippen LogP contribution in [0.2, 0.25) is 0 Å². The second-order valence-electron chi connectivity index (χ2n) is 9.70. The standard InChI is InChI=1S/C28H26F6N6/c1-2-19-6-3-4-13-40(19)16-24-38-22-14-17(25-21(27(29,30)31)7-5-12-35-25)8-10-20(22)26(39-24)37-18-9-11-23(36-15-18)28(32,33)34/h5,7-12,14-15,19H,2-4,6,13,16H2,1H3,(H,37,38,39). The van der Waals surface area contributed by atoms with Gasteiger partial charge in [-0.3, -0.25) is 9.88 Å². The molecule has 210 valence electrons. The van der Waals surface area contributed by atoms with Crippen LogP contribution in [0.25, 0.3) is 22.2 Å². The number of nitrogens with zero attached hydrogens (tertiary/aromatic N) is 5. The zero-order valence-corrected chi connectivity index (χ0v) is 21.5. The van der Waals surface area contributed by atoms with Crippen LogP contribution in [0.1, 0.15) is 49.7 Å². The Balaban J connectivity index is 1.58. The minimum absolute atomic E-state index is 0.222. The number of nitrogens with one attached hydrogen (secondary N) is 1. The van der Waals surface area contributed by atoms with E-state index in [4.69, 9.17) is 4.98 Å². The van der Waals surface area contributed by atoms with Gasteiger partial charge in [0, 0.05) is 23.2 Å². The smallest absolute Gasteiger partial charge is 0.338 e. The maximum absolute atomic E-state index is 13.7. The van der Waals surface area contributed by atoms with Crippen LogP contribution in [0, 0.1) is 0 Å². The molecule has 0 radical (unpaired) electrons. The third-order valence-electron chi connectivity index (χ3n) is 7.01. The Morgan fingerprint density at radius 2 is 1.77 bits per heavy atom. The molecule has 1 aliphatic rings. The number of aromatic nitrogens is 4. The van der Waals surface area contributed by atoms with E-state index in [2.05, 4.69) is 32.1 Å². The van der Waals surface area contributed by atoms with Crippen LogP contribution in [-0.2, 0) is 18.9 Å². The van der Waals surface area contributed by atoms with E-state index in [0.29, 0.717) is 35.1 Å². The average molecular weight is 561 g/mol. The van der Waals surface area contributed by atoms with Gasteiger partial charge in [-0.25, -0.2) is 15.0 Å². The van der Waals surface area contributed by atoms with E-state index in [-0.39, 0.29) is 16.9 Å². The van der Waals surface area contributed by atoms with E-state index in [1.165, 1.54) is 30.5 Å². The van der Waals surface area contributed by atoms with E-state index in [9.17, 15) is 26.3 Å². The van der Waals surface area contributed by atoms with Crippen molar-refractivity contribution in [1.82, 2.24) is 24.8 Å². The number of benzene rings is 1. The number of pyridine rings is 2. The van der Waals surface area contributed by atoms with Gasteiger partial charge in [-0.15, -0.1) is 0 Å². The first-order valence-electron chi connectivity index (χ1n) is 12.9. The highest BCUT2D eigenvalue weighted by Crippen LogP contribution is 2.37. The highest BCUT2D eigenvalue weighted by Gasteiger charge is 2.34. The van der Waals surface area contributed by atoms with Crippen LogP contribution in [0.4, 0.5) is 37.8 Å². The lowest BCUT2D eigenvalue weighted by molar-refractivity contribution is -0.141. The van der Waals surface area contributed by atoms with Crippen molar-refractivity contribution in [2.45, 2.75) is 57.5 Å². The summed E-state index contributed by atoms with van der Waals surface area (Å²) in [5, 5.41) is 3.52. The summed E-state index contributed by atoms with van der Waals surface area (Å²) in [7, 11) is 0. The molecule has 6 nitrogen and oxygen atoms in total. The minimum Gasteiger partial charge on any atom is -0.338 e. The fourth-order valence-electron chi connectivity index (χ4n) is 5.04. The fraction of sp³-hybridized carbons (Fsp3) is 0.357. The number of fused-ring (bicyclic) bond motifs is 1. The quantitative estimate of drug-likeness (QED) is 0.245. The van der Waals surface area contributed by atoms with Gasteiger partial charge in [-0.05, 0) is 62.2 Å². The average Bonchev–Trinajstić information content (AvgIpc) is 2.92. The molecule has 0 spiro atoms. The van der Waals surface area contributed by atoms with Gasteiger partial charge >= 0.3 is 12.4 Å². The Morgan fingerprint density at radius 1 is 0.950 bits per heavy atom. The van der Waals surface area contributed by atoms with Crippen LogP contribution in [-0.4, -0.2) is 37.4 Å². The Hall–Kier alpha value is -3.80. The van der Waals surface area contributed by atoms with Crippen molar-refractivity contribution in [2.75, 3.05) is 11.9 Å². The summed E-state index contributed by atoms with van der Waals surface area (Å²) in [5.41, 5.74) is -1.22. The van der Waals surface area contributed by atoms with Crippen molar-refractivity contribution in [3.8, 4) is 11.3 Å². The molecule has 12 heteroatoms. The lowest BCUT2D eigenvalue weighted by Crippen LogP contribution is -2.38. The molecule has 40 heavy (non-hydrogen) atoms. The Labute approximate surface area is 226 Å². The van der Waals surface area contributed by atoms with E-state index in [1.807, 2.05) is 0 Å². The first-order valence-corrected chi connectivity index (χ1v) is 12.9. The molecule has 1 unspecified atom stereocenters. The maximum atomic E-state index is 13.7. The number of hydrogen-bond donors (Lipinski definition) is 1. The van der Waals surface area contributed by atoms with Crippen LogP contribution in [0.3, 0.4) is 0 Å². The maximum Gasteiger partial charge on any atom is 0.433 e. The summed E-state index contributed by atoms with van der Waals surface area (Å²) in [6.45, 7) is 3.41. The third kappa shape index (κ3) is 6.01. The molecule has 1 aliphatic heterocycles. The summed E-state index contributed by atoms with van der Waals surface area (Å²) in [6, 6.07) is 9.29. The van der Waals surface area contributed by atoms with Gasteiger partial charge in [0.05, 0.1) is 35.2 Å². The number of rotatable bonds is 6. The van der Waals surface area contributed by atoms with E-state index >= 15 is 0 Å². The van der Waals surface area contributed by atoms with Crippen LogP contribution in [0.15, 0.2) is 54.9 Å². The van der Waals surface area contributed by atoms with Gasteiger partial charge in [0.25, 0.3) is 0 Å². The number of alkyl halides is 6. The van der Waals surface area contributed by atoms with Crippen molar-refractivity contribution in [3.63, 3.8) is 0 Å². The molecule has 1 fully saturated rings. The Morgan fingerprint density at radius 3 is 2.48 bits per heavy atom. The molecule has 0 aliphatic carbocycles. The van der Waals surface area contributed by atoms with Gasteiger partial charge in [-0.1, -0.05) is 19.4 Å². The highest BCUT2D eigenvalue weighted by atomic mass is 19.4. The normalized spacial score (nSPS) is 16.8.